The van der Waals surface area contributed by atoms with Gasteiger partial charge in [-0.25, -0.2) is 0 Å². The molecule has 0 aliphatic carbocycles. The summed E-state index contributed by atoms with van der Waals surface area (Å²) in [6, 6.07) is 9.42. The van der Waals surface area contributed by atoms with Crippen LogP contribution in [0.2, 0.25) is 0 Å². The molecule has 0 amide bonds. The molecular weight excluding hydrogens is 242 g/mol. The van der Waals surface area contributed by atoms with Gasteiger partial charge < -0.3 is 0 Å². The van der Waals surface area contributed by atoms with Gasteiger partial charge in [0.1, 0.15) is 0 Å². The Morgan fingerprint density at radius 3 is 2.11 bits per heavy atom. The molecule has 48 valence electrons. The SMILES string of the molecule is [OH][SnH]([Cl])[c]1ccccc1. The molecule has 1 atom stereocenters. The van der Waals surface area contributed by atoms with Gasteiger partial charge in [0.25, 0.3) is 0 Å². The van der Waals surface area contributed by atoms with Crippen LogP contribution >= 0.6 is 8.92 Å². The van der Waals surface area contributed by atoms with Crippen molar-refractivity contribution in [2.75, 3.05) is 0 Å². The van der Waals surface area contributed by atoms with E-state index in [0.717, 1.165) is 3.58 Å². The van der Waals surface area contributed by atoms with Crippen LogP contribution in [0.3, 0.4) is 0 Å². The molecule has 3 heteroatoms. The summed E-state index contributed by atoms with van der Waals surface area (Å²) in [5.41, 5.74) is 0. The third kappa shape index (κ3) is 2.16. The molecule has 1 N–H and O–H groups in total. The average Bonchev–Trinajstić information content (AvgIpc) is 1.90. The van der Waals surface area contributed by atoms with Crippen molar-refractivity contribution >= 4 is 31.5 Å². The zero-order chi connectivity index (χ0) is 6.69. The predicted octanol–water partition coefficient (Wildman–Crippen LogP) is 0.345. The molecule has 0 spiro atoms. The summed E-state index contributed by atoms with van der Waals surface area (Å²) in [4.78, 5) is 0. The topological polar surface area (TPSA) is 20.2 Å². The fourth-order valence-electron chi connectivity index (χ4n) is 0.612. The molecule has 0 fully saturated rings. The molecule has 0 radical (unpaired) electrons. The normalized spacial score (nSPS) is 13.1. The van der Waals surface area contributed by atoms with Crippen LogP contribution in [0.15, 0.2) is 30.3 Å². The van der Waals surface area contributed by atoms with E-state index in [0.29, 0.717) is 0 Å². The molecule has 1 unspecified atom stereocenters. The Morgan fingerprint density at radius 1 is 1.22 bits per heavy atom. The van der Waals surface area contributed by atoms with Gasteiger partial charge in [0, 0.05) is 0 Å². The molecule has 0 bridgehead atoms. The summed E-state index contributed by atoms with van der Waals surface area (Å²) in [6.45, 7) is 0. The molecular formula is C6H7ClOSn. The first-order chi connectivity index (χ1) is 4.30. The maximum atomic E-state index is 9.00. The predicted molar refractivity (Wildman–Crippen MR) is 41.3 cm³/mol. The van der Waals surface area contributed by atoms with E-state index in [1.54, 1.807) is 0 Å². The molecule has 0 saturated carbocycles. The zero-order valence-electron chi connectivity index (χ0n) is 4.79. The van der Waals surface area contributed by atoms with E-state index in [1.807, 2.05) is 30.3 Å². The van der Waals surface area contributed by atoms with Gasteiger partial charge in [0.2, 0.25) is 0 Å². The quantitative estimate of drug-likeness (QED) is 0.712. The molecule has 9 heavy (non-hydrogen) atoms. The monoisotopic (exact) mass is 250 g/mol. The second-order valence-electron chi connectivity index (χ2n) is 1.75. The Labute approximate surface area is 65.3 Å². The summed E-state index contributed by atoms with van der Waals surface area (Å²) < 4.78 is 9.94. The number of benzene rings is 1. The van der Waals surface area contributed by atoms with E-state index in [4.69, 9.17) is 12.4 Å². The second kappa shape index (κ2) is 3.44. The first kappa shape index (κ1) is 7.38. The van der Waals surface area contributed by atoms with E-state index in [1.165, 1.54) is 0 Å². The van der Waals surface area contributed by atoms with Crippen LogP contribution in [0.25, 0.3) is 0 Å². The van der Waals surface area contributed by atoms with Crippen LogP contribution in [-0.2, 0) is 0 Å². The van der Waals surface area contributed by atoms with E-state index in [9.17, 15) is 0 Å². The zero-order valence-corrected chi connectivity index (χ0v) is 8.84. The van der Waals surface area contributed by atoms with Crippen LogP contribution in [0.4, 0.5) is 0 Å². The van der Waals surface area contributed by atoms with Crippen LogP contribution < -0.4 is 3.58 Å². The number of hydrogen-bond acceptors (Lipinski definition) is 1. The van der Waals surface area contributed by atoms with Crippen molar-refractivity contribution in [1.82, 2.24) is 0 Å². The third-order valence-corrected chi connectivity index (χ3v) is 5.43. The number of halogens is 1. The molecule has 0 saturated heterocycles. The maximum absolute atomic E-state index is 9.00. The Bertz CT molecular complexity index is 176. The molecule has 0 aliphatic heterocycles. The number of hydrogen-bond donors (Lipinski definition) is 1. The fraction of sp³-hybridized carbons (Fsp3) is 0. The fourth-order valence-corrected chi connectivity index (χ4v) is 3.13. The molecule has 1 rings (SSSR count). The summed E-state index contributed by atoms with van der Waals surface area (Å²) in [5, 5.41) is 0. The average molecular weight is 249 g/mol. The van der Waals surface area contributed by atoms with E-state index < -0.39 is 19.0 Å². The Balaban J connectivity index is 2.85. The Kier molecular flexibility index (Phi) is 2.82. The third-order valence-electron chi connectivity index (χ3n) is 1.07. The number of rotatable bonds is 1. The van der Waals surface area contributed by atoms with Gasteiger partial charge >= 0.3 is 65.3 Å². The summed E-state index contributed by atoms with van der Waals surface area (Å²) in [6.07, 6.45) is 0. The van der Waals surface area contributed by atoms with E-state index in [-0.39, 0.29) is 0 Å². The van der Waals surface area contributed by atoms with Crippen molar-refractivity contribution in [3.8, 4) is 0 Å². The summed E-state index contributed by atoms with van der Waals surface area (Å²) in [7, 11) is 5.57. The van der Waals surface area contributed by atoms with E-state index in [2.05, 4.69) is 0 Å². The van der Waals surface area contributed by atoms with Gasteiger partial charge in [0.05, 0.1) is 0 Å². The summed E-state index contributed by atoms with van der Waals surface area (Å²) >= 11 is -2.66. The van der Waals surface area contributed by atoms with Crippen molar-refractivity contribution in [3.63, 3.8) is 0 Å². The van der Waals surface area contributed by atoms with Crippen molar-refractivity contribution < 1.29 is 3.44 Å². The van der Waals surface area contributed by atoms with Crippen molar-refractivity contribution in [1.29, 1.82) is 0 Å². The van der Waals surface area contributed by atoms with Crippen molar-refractivity contribution in [2.45, 2.75) is 0 Å². The van der Waals surface area contributed by atoms with Gasteiger partial charge in [-0.3, -0.25) is 0 Å². The summed E-state index contributed by atoms with van der Waals surface area (Å²) in [5.74, 6) is 0. The minimum absolute atomic E-state index is 0.945. The molecule has 1 aromatic rings. The van der Waals surface area contributed by atoms with Gasteiger partial charge in [-0.1, -0.05) is 0 Å². The Hall–Kier alpha value is 0.269. The first-order valence-electron chi connectivity index (χ1n) is 2.68. The van der Waals surface area contributed by atoms with Crippen LogP contribution in [0, 0.1) is 0 Å². The Morgan fingerprint density at radius 2 is 1.78 bits per heavy atom. The molecule has 0 heterocycles. The van der Waals surface area contributed by atoms with Gasteiger partial charge in [-0.05, 0) is 0 Å². The van der Waals surface area contributed by atoms with Crippen LogP contribution in [0.1, 0.15) is 0 Å². The van der Waals surface area contributed by atoms with Gasteiger partial charge in [-0.2, -0.15) is 0 Å². The van der Waals surface area contributed by atoms with Gasteiger partial charge in [0.15, 0.2) is 0 Å². The molecule has 0 aromatic heterocycles. The molecule has 0 aliphatic rings. The van der Waals surface area contributed by atoms with Crippen molar-refractivity contribution in [3.05, 3.63) is 30.3 Å². The standard InChI is InChI=1S/C6H5.ClH.H2O.Sn.H/c1-2-4-6-5-3-1;;;;/h1-5H;1H;1H2;;/q;;;+2;/p-2. The second-order valence-corrected chi connectivity index (χ2v) is 8.34. The minimum atomic E-state index is -2.66. The molecule has 1 aromatic carbocycles. The van der Waals surface area contributed by atoms with Crippen LogP contribution in [-0.4, -0.2) is 22.5 Å². The molecule has 1 nitrogen and oxygen atoms in total. The van der Waals surface area contributed by atoms with E-state index >= 15 is 0 Å². The van der Waals surface area contributed by atoms with Gasteiger partial charge in [-0.15, -0.1) is 0 Å². The first-order valence-corrected chi connectivity index (χ1v) is 9.97. The van der Waals surface area contributed by atoms with Crippen molar-refractivity contribution in [2.24, 2.45) is 0 Å². The van der Waals surface area contributed by atoms with Crippen LogP contribution in [0.5, 0.6) is 0 Å².